The van der Waals surface area contributed by atoms with Crippen molar-refractivity contribution < 1.29 is 4.79 Å². The molecule has 0 heterocycles. The van der Waals surface area contributed by atoms with Gasteiger partial charge in [0, 0.05) is 0 Å². The molecule has 3 aromatic rings. The molecule has 2 amide bonds. The van der Waals surface area contributed by atoms with Gasteiger partial charge in [-0.15, -0.1) is 0 Å². The van der Waals surface area contributed by atoms with E-state index in [1.807, 2.05) is 91.0 Å². The van der Waals surface area contributed by atoms with Gasteiger partial charge in [0.05, 0.1) is 0 Å². The van der Waals surface area contributed by atoms with Crippen LogP contribution in [-0.2, 0) is 5.54 Å². The molecule has 3 heteroatoms. The molecule has 0 saturated carbocycles. The highest BCUT2D eigenvalue weighted by molar-refractivity contribution is 5.75. The molecule has 3 N–H and O–H groups in total. The summed E-state index contributed by atoms with van der Waals surface area (Å²) in [6.45, 7) is 0. The van der Waals surface area contributed by atoms with Crippen LogP contribution in [0.25, 0.3) is 0 Å². The van der Waals surface area contributed by atoms with Crippen molar-refractivity contribution in [3.63, 3.8) is 0 Å². The fourth-order valence-corrected chi connectivity index (χ4v) is 2.97. The Hall–Kier alpha value is -3.07. The lowest BCUT2D eigenvalue weighted by atomic mass is 9.77. The first-order chi connectivity index (χ1) is 11.2. The zero-order valence-electron chi connectivity index (χ0n) is 12.6. The largest absolute Gasteiger partial charge is 0.352 e. The molecule has 3 rings (SSSR count). The second-order valence-electron chi connectivity index (χ2n) is 5.34. The molecule has 3 aromatic carbocycles. The Balaban J connectivity index is 2.32. The van der Waals surface area contributed by atoms with Crippen molar-refractivity contribution in [3.05, 3.63) is 108 Å². The van der Waals surface area contributed by atoms with Crippen molar-refractivity contribution in [1.29, 1.82) is 0 Å². The minimum atomic E-state index is -0.824. The minimum absolute atomic E-state index is 0.568. The van der Waals surface area contributed by atoms with Crippen LogP contribution in [0.4, 0.5) is 4.79 Å². The normalized spacial score (nSPS) is 11.0. The minimum Gasteiger partial charge on any atom is -0.352 e. The molecule has 0 atom stereocenters. The Bertz CT molecular complexity index is 674. The summed E-state index contributed by atoms with van der Waals surface area (Å²) in [6, 6.07) is 29.0. The Labute approximate surface area is 135 Å². The lowest BCUT2D eigenvalue weighted by Gasteiger charge is -2.36. The standard InChI is InChI=1S/C20H18N2O/c21-19(23)22-20(16-10-4-1-5-11-16,17-12-6-2-7-13-17)18-14-8-3-9-15-18/h1-15H,(H3,21,22,23). The molecular formula is C20H18N2O. The number of hydrogen-bond acceptors (Lipinski definition) is 1. The van der Waals surface area contributed by atoms with Gasteiger partial charge in [-0.3, -0.25) is 0 Å². The van der Waals surface area contributed by atoms with Gasteiger partial charge in [0.15, 0.2) is 0 Å². The number of benzene rings is 3. The van der Waals surface area contributed by atoms with Crippen molar-refractivity contribution >= 4 is 6.03 Å². The zero-order chi connectivity index (χ0) is 16.1. The molecule has 3 nitrogen and oxygen atoms in total. The van der Waals surface area contributed by atoms with E-state index in [0.29, 0.717) is 0 Å². The highest BCUT2D eigenvalue weighted by Gasteiger charge is 2.37. The predicted molar refractivity (Wildman–Crippen MR) is 91.9 cm³/mol. The van der Waals surface area contributed by atoms with E-state index in [-0.39, 0.29) is 0 Å². The number of nitrogens with one attached hydrogen (secondary N) is 1. The summed E-state index contributed by atoms with van der Waals surface area (Å²) in [4.78, 5) is 11.8. The number of carbonyl (C=O) groups excluding carboxylic acids is 1. The van der Waals surface area contributed by atoms with E-state index in [4.69, 9.17) is 5.73 Å². The van der Waals surface area contributed by atoms with Crippen LogP contribution in [-0.4, -0.2) is 6.03 Å². The lowest BCUT2D eigenvalue weighted by Crippen LogP contribution is -2.49. The lowest BCUT2D eigenvalue weighted by molar-refractivity contribution is 0.242. The highest BCUT2D eigenvalue weighted by atomic mass is 16.2. The zero-order valence-corrected chi connectivity index (χ0v) is 12.6. The molecule has 0 aliphatic rings. The van der Waals surface area contributed by atoms with Crippen LogP contribution in [0.1, 0.15) is 16.7 Å². The Morgan fingerprint density at radius 2 is 0.957 bits per heavy atom. The number of hydrogen-bond donors (Lipinski definition) is 2. The number of carbonyl (C=O) groups is 1. The second kappa shape index (κ2) is 6.36. The summed E-state index contributed by atoms with van der Waals surface area (Å²) in [5, 5.41) is 2.98. The van der Waals surface area contributed by atoms with Gasteiger partial charge >= 0.3 is 6.03 Å². The third kappa shape index (κ3) is 2.81. The van der Waals surface area contributed by atoms with E-state index < -0.39 is 11.6 Å². The summed E-state index contributed by atoms with van der Waals surface area (Å²) in [6.07, 6.45) is 0. The van der Waals surface area contributed by atoms with Crippen molar-refractivity contribution in [1.82, 2.24) is 5.32 Å². The van der Waals surface area contributed by atoms with E-state index in [9.17, 15) is 4.79 Å². The van der Waals surface area contributed by atoms with Crippen LogP contribution in [0.2, 0.25) is 0 Å². The summed E-state index contributed by atoms with van der Waals surface area (Å²) >= 11 is 0. The van der Waals surface area contributed by atoms with Gasteiger partial charge in [-0.25, -0.2) is 4.79 Å². The van der Waals surface area contributed by atoms with Crippen LogP contribution in [0, 0.1) is 0 Å². The molecule has 0 saturated heterocycles. The SMILES string of the molecule is NC(=O)NC(c1ccccc1)(c1ccccc1)c1ccccc1. The molecular weight excluding hydrogens is 284 g/mol. The molecule has 0 aliphatic heterocycles. The van der Waals surface area contributed by atoms with Crippen molar-refractivity contribution in [2.45, 2.75) is 5.54 Å². The smallest absolute Gasteiger partial charge is 0.313 e. The van der Waals surface area contributed by atoms with Gasteiger partial charge in [-0.1, -0.05) is 91.0 Å². The molecule has 114 valence electrons. The Morgan fingerprint density at radius 1 is 0.652 bits per heavy atom. The predicted octanol–water partition coefficient (Wildman–Crippen LogP) is 3.65. The Morgan fingerprint density at radius 3 is 1.22 bits per heavy atom. The van der Waals surface area contributed by atoms with Gasteiger partial charge in [-0.2, -0.15) is 0 Å². The average Bonchev–Trinajstić information content (AvgIpc) is 2.62. The summed E-state index contributed by atoms with van der Waals surface area (Å²) in [5.74, 6) is 0. The second-order valence-corrected chi connectivity index (χ2v) is 5.34. The summed E-state index contributed by atoms with van der Waals surface area (Å²) in [7, 11) is 0. The maximum atomic E-state index is 11.8. The summed E-state index contributed by atoms with van der Waals surface area (Å²) < 4.78 is 0. The van der Waals surface area contributed by atoms with Crippen molar-refractivity contribution in [3.8, 4) is 0 Å². The van der Waals surface area contributed by atoms with Gasteiger partial charge < -0.3 is 11.1 Å². The van der Waals surface area contributed by atoms with Crippen molar-refractivity contribution in [2.75, 3.05) is 0 Å². The molecule has 0 aromatic heterocycles. The number of primary amides is 1. The molecule has 0 bridgehead atoms. The highest BCUT2D eigenvalue weighted by Crippen LogP contribution is 2.36. The van der Waals surface area contributed by atoms with E-state index in [1.54, 1.807) is 0 Å². The maximum absolute atomic E-state index is 11.8. The first-order valence-corrected chi connectivity index (χ1v) is 7.47. The van der Waals surface area contributed by atoms with Gasteiger partial charge in [0.2, 0.25) is 0 Å². The van der Waals surface area contributed by atoms with Crippen molar-refractivity contribution in [2.24, 2.45) is 5.73 Å². The molecule has 0 unspecified atom stereocenters. The number of amides is 2. The fourth-order valence-electron chi connectivity index (χ4n) is 2.97. The number of nitrogens with two attached hydrogens (primary N) is 1. The van der Waals surface area contributed by atoms with Gasteiger partial charge in [-0.05, 0) is 16.7 Å². The van der Waals surface area contributed by atoms with Crippen LogP contribution in [0.5, 0.6) is 0 Å². The average molecular weight is 302 g/mol. The van der Waals surface area contributed by atoms with Gasteiger partial charge in [0.1, 0.15) is 5.54 Å². The molecule has 0 aliphatic carbocycles. The number of rotatable bonds is 4. The fraction of sp³-hybridized carbons (Fsp3) is 0.0500. The molecule has 0 fully saturated rings. The van der Waals surface area contributed by atoms with Crippen LogP contribution < -0.4 is 11.1 Å². The Kier molecular flexibility index (Phi) is 4.11. The molecule has 0 spiro atoms. The van der Waals surface area contributed by atoms with E-state index in [0.717, 1.165) is 16.7 Å². The van der Waals surface area contributed by atoms with Crippen LogP contribution in [0.15, 0.2) is 91.0 Å². The van der Waals surface area contributed by atoms with Crippen LogP contribution in [0.3, 0.4) is 0 Å². The topological polar surface area (TPSA) is 55.1 Å². The van der Waals surface area contributed by atoms with E-state index in [1.165, 1.54) is 0 Å². The van der Waals surface area contributed by atoms with E-state index in [2.05, 4.69) is 5.32 Å². The maximum Gasteiger partial charge on any atom is 0.313 e. The monoisotopic (exact) mass is 302 g/mol. The van der Waals surface area contributed by atoms with Crippen LogP contribution >= 0.6 is 0 Å². The quantitative estimate of drug-likeness (QED) is 0.710. The third-order valence-corrected chi connectivity index (χ3v) is 3.93. The van der Waals surface area contributed by atoms with E-state index >= 15 is 0 Å². The van der Waals surface area contributed by atoms with Gasteiger partial charge in [0.25, 0.3) is 0 Å². The first kappa shape index (κ1) is 14.9. The molecule has 0 radical (unpaired) electrons. The number of urea groups is 1. The molecule has 23 heavy (non-hydrogen) atoms. The first-order valence-electron chi connectivity index (χ1n) is 7.47. The third-order valence-electron chi connectivity index (χ3n) is 3.93. The summed E-state index contributed by atoms with van der Waals surface area (Å²) in [5.41, 5.74) is 7.58.